The number of rotatable bonds is 0. The molecule has 62 valence electrons. The van der Waals surface area contributed by atoms with Gasteiger partial charge in [0.15, 0.2) is 5.58 Å². The molecule has 2 aromatic rings. The average molecular weight is 168 g/mol. The van der Waals surface area contributed by atoms with Crippen molar-refractivity contribution in [2.24, 2.45) is 0 Å². The van der Waals surface area contributed by atoms with Gasteiger partial charge in [-0.2, -0.15) is 0 Å². The summed E-state index contributed by atoms with van der Waals surface area (Å²) in [6, 6.07) is 2.25. The molecule has 0 saturated heterocycles. The number of anilines is 1. The van der Waals surface area contributed by atoms with Crippen LogP contribution < -0.4 is 11.5 Å². The van der Waals surface area contributed by atoms with Crippen LogP contribution in [0, 0.1) is 5.82 Å². The molecule has 0 spiro atoms. The van der Waals surface area contributed by atoms with Gasteiger partial charge >= 0.3 is 5.76 Å². The normalized spacial score (nSPS) is 10.8. The smallest absolute Gasteiger partial charge is 0.406 e. The van der Waals surface area contributed by atoms with Gasteiger partial charge in [0.2, 0.25) is 0 Å². The van der Waals surface area contributed by atoms with E-state index in [1.807, 2.05) is 0 Å². The quantitative estimate of drug-likeness (QED) is 0.572. The van der Waals surface area contributed by atoms with Crippen molar-refractivity contribution in [1.82, 2.24) is 4.98 Å². The van der Waals surface area contributed by atoms with Crippen LogP contribution in [0.1, 0.15) is 0 Å². The molecule has 0 aliphatic rings. The van der Waals surface area contributed by atoms with Crippen molar-refractivity contribution in [1.29, 1.82) is 0 Å². The zero-order valence-corrected chi connectivity index (χ0v) is 5.93. The molecule has 1 aromatic carbocycles. The molecule has 0 amide bonds. The van der Waals surface area contributed by atoms with Crippen molar-refractivity contribution in [3.05, 3.63) is 28.5 Å². The number of aromatic amines is 1. The number of nitrogens with one attached hydrogen (secondary N) is 1. The predicted molar refractivity (Wildman–Crippen MR) is 41.2 cm³/mol. The van der Waals surface area contributed by atoms with Crippen molar-refractivity contribution in [2.75, 3.05) is 5.73 Å². The molecule has 0 atom stereocenters. The summed E-state index contributed by atoms with van der Waals surface area (Å²) in [6.07, 6.45) is 0. The lowest BCUT2D eigenvalue weighted by atomic mass is 10.3. The van der Waals surface area contributed by atoms with Gasteiger partial charge in [-0.3, -0.25) is 4.98 Å². The zero-order chi connectivity index (χ0) is 8.72. The van der Waals surface area contributed by atoms with E-state index in [9.17, 15) is 9.18 Å². The fourth-order valence-corrected chi connectivity index (χ4v) is 1.05. The summed E-state index contributed by atoms with van der Waals surface area (Å²) in [7, 11) is 0. The Bertz CT molecular complexity index is 486. The Kier molecular flexibility index (Phi) is 1.21. The number of halogens is 1. The summed E-state index contributed by atoms with van der Waals surface area (Å²) in [4.78, 5) is 13.0. The third-order valence-corrected chi connectivity index (χ3v) is 1.51. The van der Waals surface area contributed by atoms with Gasteiger partial charge in [0.1, 0.15) is 5.82 Å². The van der Waals surface area contributed by atoms with E-state index >= 15 is 0 Å². The molecule has 5 heteroatoms. The Morgan fingerprint density at radius 1 is 1.50 bits per heavy atom. The molecule has 4 nitrogen and oxygen atoms in total. The Labute approximate surface area is 65.8 Å². The van der Waals surface area contributed by atoms with Crippen molar-refractivity contribution in [2.45, 2.75) is 0 Å². The maximum atomic E-state index is 12.7. The van der Waals surface area contributed by atoms with Crippen LogP contribution in [-0.4, -0.2) is 4.98 Å². The highest BCUT2D eigenvalue weighted by Gasteiger charge is 2.06. The monoisotopic (exact) mass is 168 g/mol. The van der Waals surface area contributed by atoms with Gasteiger partial charge in [0, 0.05) is 12.1 Å². The molecule has 0 fully saturated rings. The Morgan fingerprint density at radius 3 is 3.00 bits per heavy atom. The molecular weight excluding hydrogens is 163 g/mol. The third-order valence-electron chi connectivity index (χ3n) is 1.51. The number of hydrogen-bond acceptors (Lipinski definition) is 3. The first-order valence-corrected chi connectivity index (χ1v) is 3.24. The van der Waals surface area contributed by atoms with E-state index in [1.54, 1.807) is 0 Å². The van der Waals surface area contributed by atoms with Gasteiger partial charge in [-0.15, -0.1) is 0 Å². The molecular formula is C7H5FN2O2. The van der Waals surface area contributed by atoms with Gasteiger partial charge in [0.05, 0.1) is 11.2 Å². The Balaban J connectivity index is 2.97. The first-order chi connectivity index (χ1) is 5.66. The van der Waals surface area contributed by atoms with Crippen LogP contribution in [0.25, 0.3) is 11.1 Å². The molecule has 0 radical (unpaired) electrons. The van der Waals surface area contributed by atoms with Crippen LogP contribution in [0.2, 0.25) is 0 Å². The average Bonchev–Trinajstić information content (AvgIpc) is 2.29. The third kappa shape index (κ3) is 0.868. The molecule has 0 bridgehead atoms. The van der Waals surface area contributed by atoms with E-state index in [-0.39, 0.29) is 16.8 Å². The number of benzene rings is 1. The van der Waals surface area contributed by atoms with Crippen molar-refractivity contribution >= 4 is 16.8 Å². The number of oxazole rings is 1. The SMILES string of the molecule is Nc1cc(F)cc2[nH]c(=O)oc12. The number of nitrogens with two attached hydrogens (primary N) is 1. The minimum absolute atomic E-state index is 0.114. The second kappa shape index (κ2) is 2.10. The van der Waals surface area contributed by atoms with Gasteiger partial charge in [-0.1, -0.05) is 0 Å². The van der Waals surface area contributed by atoms with Crippen LogP contribution in [0.15, 0.2) is 21.3 Å². The highest BCUT2D eigenvalue weighted by Crippen LogP contribution is 2.19. The standard InChI is InChI=1S/C7H5FN2O2/c8-3-1-4(9)6-5(2-3)10-7(11)12-6/h1-2H,9H2,(H,10,11). The second-order valence-corrected chi connectivity index (χ2v) is 2.39. The lowest BCUT2D eigenvalue weighted by molar-refractivity contribution is 0.556. The van der Waals surface area contributed by atoms with E-state index in [2.05, 4.69) is 9.40 Å². The first-order valence-electron chi connectivity index (χ1n) is 3.24. The van der Waals surface area contributed by atoms with Crippen molar-refractivity contribution < 1.29 is 8.81 Å². The fourth-order valence-electron chi connectivity index (χ4n) is 1.05. The molecule has 12 heavy (non-hydrogen) atoms. The number of nitrogen functional groups attached to an aromatic ring is 1. The van der Waals surface area contributed by atoms with Gasteiger partial charge in [0.25, 0.3) is 0 Å². The maximum Gasteiger partial charge on any atom is 0.417 e. The molecule has 1 aromatic heterocycles. The van der Waals surface area contributed by atoms with Crippen LogP contribution in [0.4, 0.5) is 10.1 Å². The largest absolute Gasteiger partial charge is 0.417 e. The summed E-state index contributed by atoms with van der Waals surface area (Å²) < 4.78 is 17.3. The zero-order valence-electron chi connectivity index (χ0n) is 5.93. The maximum absolute atomic E-state index is 12.7. The first kappa shape index (κ1) is 6.90. The summed E-state index contributed by atoms with van der Waals surface area (Å²) in [5.74, 6) is -1.14. The minimum Gasteiger partial charge on any atom is -0.406 e. The molecule has 1 heterocycles. The fraction of sp³-hybridized carbons (Fsp3) is 0. The highest BCUT2D eigenvalue weighted by molar-refractivity contribution is 5.84. The summed E-state index contributed by atoms with van der Waals surface area (Å²) in [5, 5.41) is 0. The predicted octanol–water partition coefficient (Wildman–Crippen LogP) is 0.842. The van der Waals surface area contributed by atoms with E-state index in [4.69, 9.17) is 5.73 Å². The number of fused-ring (bicyclic) bond motifs is 1. The van der Waals surface area contributed by atoms with E-state index in [0.29, 0.717) is 0 Å². The number of hydrogen-bond donors (Lipinski definition) is 2. The lowest BCUT2D eigenvalue weighted by Crippen LogP contribution is -1.92. The molecule has 0 saturated carbocycles. The highest BCUT2D eigenvalue weighted by atomic mass is 19.1. The van der Waals surface area contributed by atoms with Gasteiger partial charge in [-0.05, 0) is 0 Å². The summed E-state index contributed by atoms with van der Waals surface area (Å²) >= 11 is 0. The van der Waals surface area contributed by atoms with Crippen LogP contribution >= 0.6 is 0 Å². The second-order valence-electron chi connectivity index (χ2n) is 2.39. The van der Waals surface area contributed by atoms with Crippen LogP contribution in [-0.2, 0) is 0 Å². The molecule has 0 aliphatic heterocycles. The molecule has 3 N–H and O–H groups in total. The minimum atomic E-state index is -0.637. The van der Waals surface area contributed by atoms with Crippen molar-refractivity contribution in [3.63, 3.8) is 0 Å². The van der Waals surface area contributed by atoms with Crippen LogP contribution in [0.3, 0.4) is 0 Å². The molecule has 2 rings (SSSR count). The van der Waals surface area contributed by atoms with Gasteiger partial charge < -0.3 is 10.2 Å². The van der Waals surface area contributed by atoms with E-state index < -0.39 is 11.6 Å². The number of aromatic nitrogens is 1. The molecule has 0 unspecified atom stereocenters. The molecule has 0 aliphatic carbocycles. The lowest BCUT2D eigenvalue weighted by Gasteiger charge is -1.92. The topological polar surface area (TPSA) is 72.0 Å². The van der Waals surface area contributed by atoms with Gasteiger partial charge in [-0.25, -0.2) is 9.18 Å². The van der Waals surface area contributed by atoms with Crippen LogP contribution in [0.5, 0.6) is 0 Å². The number of H-pyrrole nitrogens is 1. The van der Waals surface area contributed by atoms with Crippen molar-refractivity contribution in [3.8, 4) is 0 Å². The summed E-state index contributed by atoms with van der Waals surface area (Å²) in [6.45, 7) is 0. The summed E-state index contributed by atoms with van der Waals surface area (Å²) in [5.41, 5.74) is 5.96. The van der Waals surface area contributed by atoms with E-state index in [0.717, 1.165) is 12.1 Å². The Hall–Kier alpha value is -1.78. The van der Waals surface area contributed by atoms with E-state index in [1.165, 1.54) is 0 Å². The Morgan fingerprint density at radius 2 is 2.25 bits per heavy atom.